The molecule has 4 rings (SSSR count). The van der Waals surface area contributed by atoms with Crippen molar-refractivity contribution in [3.05, 3.63) is 66.7 Å². The summed E-state index contributed by atoms with van der Waals surface area (Å²) in [6, 6.07) is 13.4. The van der Waals surface area contributed by atoms with E-state index >= 15 is 0 Å². The van der Waals surface area contributed by atoms with E-state index in [1.54, 1.807) is 18.6 Å². The van der Waals surface area contributed by atoms with E-state index < -0.39 is 0 Å². The molecular weight excluding hydrogens is 414 g/mol. The van der Waals surface area contributed by atoms with Crippen LogP contribution in [0.4, 0.5) is 11.6 Å². The van der Waals surface area contributed by atoms with Gasteiger partial charge in [0.25, 0.3) is 5.91 Å². The highest BCUT2D eigenvalue weighted by atomic mass is 16.1. The number of rotatable bonds is 10. The Balaban J connectivity index is 1.40. The SMILES string of the molecule is CCN(CC)CCCNC(=O)c1cc2cc(Nc3nccc(-c4cccnc4)n3)ccc2[nH]1. The van der Waals surface area contributed by atoms with Gasteiger partial charge in [0, 0.05) is 47.3 Å². The molecule has 0 atom stereocenters. The molecule has 0 fully saturated rings. The third kappa shape index (κ3) is 5.72. The van der Waals surface area contributed by atoms with Crippen LogP contribution in [0.5, 0.6) is 0 Å². The van der Waals surface area contributed by atoms with E-state index in [1.165, 1.54) is 0 Å². The normalized spacial score (nSPS) is 11.1. The molecule has 0 aliphatic rings. The van der Waals surface area contributed by atoms with Gasteiger partial charge < -0.3 is 20.5 Å². The lowest BCUT2D eigenvalue weighted by atomic mass is 10.2. The number of nitrogens with zero attached hydrogens (tertiary/aromatic N) is 4. The van der Waals surface area contributed by atoms with Crippen molar-refractivity contribution in [3.63, 3.8) is 0 Å². The number of aromatic nitrogens is 4. The molecule has 0 saturated carbocycles. The molecule has 4 aromatic rings. The van der Waals surface area contributed by atoms with Gasteiger partial charge in [0.15, 0.2) is 0 Å². The Labute approximate surface area is 193 Å². The summed E-state index contributed by atoms with van der Waals surface area (Å²) in [5.74, 6) is 0.408. The highest BCUT2D eigenvalue weighted by Crippen LogP contribution is 2.23. The maximum atomic E-state index is 12.5. The van der Waals surface area contributed by atoms with Crippen LogP contribution in [-0.4, -0.2) is 56.9 Å². The van der Waals surface area contributed by atoms with Crippen molar-refractivity contribution in [3.8, 4) is 11.3 Å². The number of hydrogen-bond acceptors (Lipinski definition) is 6. The van der Waals surface area contributed by atoms with Crippen LogP contribution in [0, 0.1) is 0 Å². The number of hydrogen-bond donors (Lipinski definition) is 3. The Hall–Kier alpha value is -3.78. The van der Waals surface area contributed by atoms with Gasteiger partial charge in [0.1, 0.15) is 5.69 Å². The number of benzene rings is 1. The maximum absolute atomic E-state index is 12.5. The molecule has 170 valence electrons. The average molecular weight is 444 g/mol. The maximum Gasteiger partial charge on any atom is 0.267 e. The van der Waals surface area contributed by atoms with Gasteiger partial charge in [-0.2, -0.15) is 0 Å². The van der Waals surface area contributed by atoms with E-state index in [2.05, 4.69) is 49.3 Å². The van der Waals surface area contributed by atoms with E-state index in [-0.39, 0.29) is 5.91 Å². The molecule has 1 amide bonds. The van der Waals surface area contributed by atoms with E-state index in [9.17, 15) is 4.79 Å². The van der Waals surface area contributed by atoms with E-state index in [0.717, 1.165) is 53.9 Å². The summed E-state index contributed by atoms with van der Waals surface area (Å²) in [5.41, 5.74) is 4.02. The monoisotopic (exact) mass is 443 g/mol. The number of carbonyl (C=O) groups excluding carboxylic acids is 1. The van der Waals surface area contributed by atoms with Crippen LogP contribution in [0.3, 0.4) is 0 Å². The Kier molecular flexibility index (Phi) is 7.26. The fourth-order valence-corrected chi connectivity index (χ4v) is 3.70. The summed E-state index contributed by atoms with van der Waals surface area (Å²) in [5, 5.41) is 7.19. The molecule has 3 aromatic heterocycles. The second kappa shape index (κ2) is 10.7. The quantitative estimate of drug-likeness (QED) is 0.317. The van der Waals surface area contributed by atoms with Crippen LogP contribution in [0.2, 0.25) is 0 Å². The molecule has 8 heteroatoms. The first-order valence-electron chi connectivity index (χ1n) is 11.3. The zero-order valence-corrected chi connectivity index (χ0v) is 19.0. The first-order valence-corrected chi connectivity index (χ1v) is 11.3. The summed E-state index contributed by atoms with van der Waals surface area (Å²) < 4.78 is 0. The largest absolute Gasteiger partial charge is 0.351 e. The fraction of sp³-hybridized carbons (Fsp3) is 0.280. The van der Waals surface area contributed by atoms with Crippen molar-refractivity contribution in [1.82, 2.24) is 30.2 Å². The Bertz CT molecular complexity index is 1200. The smallest absolute Gasteiger partial charge is 0.267 e. The highest BCUT2D eigenvalue weighted by Gasteiger charge is 2.10. The predicted molar refractivity (Wildman–Crippen MR) is 132 cm³/mol. The van der Waals surface area contributed by atoms with Crippen LogP contribution < -0.4 is 10.6 Å². The molecular formula is C25H29N7O. The first-order chi connectivity index (χ1) is 16.2. The van der Waals surface area contributed by atoms with Gasteiger partial charge in [-0.1, -0.05) is 13.8 Å². The van der Waals surface area contributed by atoms with Crippen molar-refractivity contribution in [2.45, 2.75) is 20.3 Å². The molecule has 3 N–H and O–H groups in total. The van der Waals surface area contributed by atoms with Crippen LogP contribution >= 0.6 is 0 Å². The molecule has 0 aliphatic carbocycles. The van der Waals surface area contributed by atoms with E-state index in [1.807, 2.05) is 42.5 Å². The molecule has 3 heterocycles. The zero-order chi connectivity index (χ0) is 23.0. The second-order valence-corrected chi connectivity index (χ2v) is 7.75. The minimum absolute atomic E-state index is 0.0900. The van der Waals surface area contributed by atoms with E-state index in [4.69, 9.17) is 0 Å². The molecule has 0 radical (unpaired) electrons. The van der Waals surface area contributed by atoms with Gasteiger partial charge in [0.2, 0.25) is 5.95 Å². The summed E-state index contributed by atoms with van der Waals surface area (Å²) in [6.45, 7) is 8.00. The van der Waals surface area contributed by atoms with Crippen molar-refractivity contribution in [2.24, 2.45) is 0 Å². The zero-order valence-electron chi connectivity index (χ0n) is 19.0. The topological polar surface area (TPSA) is 98.8 Å². The third-order valence-electron chi connectivity index (χ3n) is 5.57. The van der Waals surface area contributed by atoms with Gasteiger partial charge in [-0.05, 0) is 68.5 Å². The minimum atomic E-state index is -0.0900. The van der Waals surface area contributed by atoms with Gasteiger partial charge in [-0.3, -0.25) is 9.78 Å². The Morgan fingerprint density at radius 2 is 1.97 bits per heavy atom. The minimum Gasteiger partial charge on any atom is -0.351 e. The average Bonchev–Trinajstić information content (AvgIpc) is 3.28. The second-order valence-electron chi connectivity index (χ2n) is 7.75. The lowest BCUT2D eigenvalue weighted by Gasteiger charge is -2.17. The van der Waals surface area contributed by atoms with Gasteiger partial charge in [-0.15, -0.1) is 0 Å². The van der Waals surface area contributed by atoms with Gasteiger partial charge >= 0.3 is 0 Å². The molecule has 1 aromatic carbocycles. The Morgan fingerprint density at radius 1 is 1.09 bits per heavy atom. The van der Waals surface area contributed by atoms with Crippen molar-refractivity contribution < 1.29 is 4.79 Å². The number of amides is 1. The number of pyridine rings is 1. The fourth-order valence-electron chi connectivity index (χ4n) is 3.70. The first kappa shape index (κ1) is 22.4. The van der Waals surface area contributed by atoms with Crippen LogP contribution in [0.1, 0.15) is 30.8 Å². The number of carbonyl (C=O) groups is 1. The van der Waals surface area contributed by atoms with Gasteiger partial charge in [0.05, 0.1) is 5.69 Å². The molecule has 0 saturated heterocycles. The standard InChI is InChI=1S/C25H29N7O/c1-3-32(4-2)14-6-12-27-24(33)23-16-19-15-20(8-9-21(19)30-23)29-25-28-13-10-22(31-25)18-7-5-11-26-17-18/h5,7-11,13,15-17,30H,3-4,6,12,14H2,1-2H3,(H,27,33)(H,28,29,31). The predicted octanol–water partition coefficient (Wildman–Crippen LogP) is 4.23. The molecule has 33 heavy (non-hydrogen) atoms. The number of aromatic amines is 1. The molecule has 0 aliphatic heterocycles. The third-order valence-corrected chi connectivity index (χ3v) is 5.57. The van der Waals surface area contributed by atoms with Crippen molar-refractivity contribution in [2.75, 3.05) is 31.5 Å². The van der Waals surface area contributed by atoms with Crippen LogP contribution in [-0.2, 0) is 0 Å². The van der Waals surface area contributed by atoms with Gasteiger partial charge in [-0.25, -0.2) is 9.97 Å². The molecule has 8 nitrogen and oxygen atoms in total. The summed E-state index contributed by atoms with van der Waals surface area (Å²) in [4.78, 5) is 31.1. The van der Waals surface area contributed by atoms with Crippen molar-refractivity contribution >= 4 is 28.4 Å². The lowest BCUT2D eigenvalue weighted by Crippen LogP contribution is -2.30. The van der Waals surface area contributed by atoms with Crippen LogP contribution in [0.25, 0.3) is 22.2 Å². The van der Waals surface area contributed by atoms with Crippen molar-refractivity contribution in [1.29, 1.82) is 0 Å². The lowest BCUT2D eigenvalue weighted by molar-refractivity contribution is 0.0947. The molecule has 0 spiro atoms. The highest BCUT2D eigenvalue weighted by molar-refractivity contribution is 5.98. The van der Waals surface area contributed by atoms with Crippen LogP contribution in [0.15, 0.2) is 61.1 Å². The summed E-state index contributed by atoms with van der Waals surface area (Å²) in [7, 11) is 0. The van der Waals surface area contributed by atoms with E-state index in [0.29, 0.717) is 18.2 Å². The number of H-pyrrole nitrogens is 1. The number of fused-ring (bicyclic) bond motifs is 1. The number of nitrogens with one attached hydrogen (secondary N) is 3. The number of anilines is 2. The molecule has 0 bridgehead atoms. The summed E-state index contributed by atoms with van der Waals surface area (Å²) >= 11 is 0. The Morgan fingerprint density at radius 3 is 2.76 bits per heavy atom. The molecule has 0 unspecified atom stereocenters. The summed E-state index contributed by atoms with van der Waals surface area (Å²) in [6.07, 6.45) is 6.15.